The van der Waals surface area contributed by atoms with Crippen molar-refractivity contribution in [3.63, 3.8) is 0 Å². The number of methoxy groups -OCH3 is 1. The first-order valence-electron chi connectivity index (χ1n) is 12.9. The van der Waals surface area contributed by atoms with E-state index in [2.05, 4.69) is 9.88 Å². The first kappa shape index (κ1) is 27.6. The number of rotatable bonds is 11. The van der Waals surface area contributed by atoms with Gasteiger partial charge >= 0.3 is 5.97 Å². The Morgan fingerprint density at radius 3 is 2.84 bits per heavy atom. The van der Waals surface area contributed by atoms with Crippen molar-refractivity contribution in [2.24, 2.45) is 11.8 Å². The third-order valence-corrected chi connectivity index (χ3v) is 8.37. The van der Waals surface area contributed by atoms with E-state index in [9.17, 15) is 15.0 Å². The highest BCUT2D eigenvalue weighted by Gasteiger charge is 2.34. The second-order valence-electron chi connectivity index (χ2n) is 9.84. The van der Waals surface area contributed by atoms with Crippen LogP contribution in [0.25, 0.3) is 10.9 Å². The summed E-state index contributed by atoms with van der Waals surface area (Å²) < 4.78 is 5.34. The van der Waals surface area contributed by atoms with Crippen molar-refractivity contribution in [1.82, 2.24) is 9.88 Å². The number of carboxylic acids is 1. The lowest BCUT2D eigenvalue weighted by molar-refractivity contribution is -0.146. The molecule has 6 nitrogen and oxygen atoms in total. The van der Waals surface area contributed by atoms with Gasteiger partial charge in [-0.3, -0.25) is 9.78 Å². The molecule has 1 aliphatic heterocycles. The second-order valence-corrected chi connectivity index (χ2v) is 10.6. The van der Waals surface area contributed by atoms with Crippen LogP contribution in [0.15, 0.2) is 48.7 Å². The van der Waals surface area contributed by atoms with Gasteiger partial charge in [0.1, 0.15) is 5.75 Å². The number of ether oxygens (including phenoxy) is 1. The Morgan fingerprint density at radius 2 is 2.05 bits per heavy atom. The number of hydrogen-bond acceptors (Lipinski definition) is 5. The summed E-state index contributed by atoms with van der Waals surface area (Å²) in [5, 5.41) is 23.0. The van der Waals surface area contributed by atoms with Crippen LogP contribution in [-0.4, -0.2) is 52.8 Å². The number of aliphatic carboxylic acids is 1. The van der Waals surface area contributed by atoms with E-state index in [4.69, 9.17) is 27.9 Å². The molecule has 2 N–H and O–H groups in total. The van der Waals surface area contributed by atoms with E-state index in [1.165, 1.54) is 0 Å². The SMILES string of the molecule is COc1ccc2nccc([C@H](O)CC[C@@H]3CCN(CCCCc4cccc(Cl)c4Cl)C[C@@H]3C(=O)O)c2c1. The molecule has 0 unspecified atom stereocenters. The molecule has 1 fully saturated rings. The number of pyridine rings is 1. The minimum atomic E-state index is -0.756. The lowest BCUT2D eigenvalue weighted by atomic mass is 9.81. The van der Waals surface area contributed by atoms with Crippen molar-refractivity contribution in [3.8, 4) is 5.75 Å². The van der Waals surface area contributed by atoms with Gasteiger partial charge < -0.3 is 19.8 Å². The average molecular weight is 546 g/mol. The number of nitrogens with zero attached hydrogens (tertiary/aromatic N) is 2. The zero-order valence-electron chi connectivity index (χ0n) is 21.1. The number of likely N-dealkylation sites (tertiary alicyclic amines) is 1. The highest BCUT2D eigenvalue weighted by molar-refractivity contribution is 6.42. The van der Waals surface area contributed by atoms with Crippen LogP contribution in [0.2, 0.25) is 10.0 Å². The predicted octanol–water partition coefficient (Wildman–Crippen LogP) is 6.41. The minimum Gasteiger partial charge on any atom is -0.497 e. The monoisotopic (exact) mass is 544 g/mol. The zero-order chi connectivity index (χ0) is 26.4. The molecule has 1 aromatic heterocycles. The van der Waals surface area contributed by atoms with Crippen molar-refractivity contribution >= 4 is 40.1 Å². The molecule has 1 aliphatic rings. The zero-order valence-corrected chi connectivity index (χ0v) is 22.6. The summed E-state index contributed by atoms with van der Waals surface area (Å²) in [5.41, 5.74) is 2.65. The van der Waals surface area contributed by atoms with E-state index in [0.717, 1.165) is 60.8 Å². The number of carboxylic acid groups (broad SMARTS) is 1. The van der Waals surface area contributed by atoms with Crippen molar-refractivity contribution < 1.29 is 19.7 Å². The summed E-state index contributed by atoms with van der Waals surface area (Å²) in [5.74, 6) is -0.439. The number of hydrogen-bond donors (Lipinski definition) is 2. The molecular weight excluding hydrogens is 511 g/mol. The quantitative estimate of drug-likeness (QED) is 0.271. The molecule has 2 aromatic carbocycles. The maximum atomic E-state index is 12.1. The number of aromatic nitrogens is 1. The number of aliphatic hydroxyl groups is 1. The number of carbonyl (C=O) groups is 1. The van der Waals surface area contributed by atoms with Crippen molar-refractivity contribution in [2.45, 2.75) is 44.6 Å². The third kappa shape index (κ3) is 6.94. The molecule has 1 saturated heterocycles. The van der Waals surface area contributed by atoms with Gasteiger partial charge in [-0.2, -0.15) is 0 Å². The van der Waals surface area contributed by atoms with Gasteiger partial charge in [0, 0.05) is 18.1 Å². The van der Waals surface area contributed by atoms with Crippen LogP contribution in [0.4, 0.5) is 0 Å². The van der Waals surface area contributed by atoms with Crippen LogP contribution in [0.3, 0.4) is 0 Å². The molecule has 2 heterocycles. The minimum absolute atomic E-state index is 0.0382. The lowest BCUT2D eigenvalue weighted by Crippen LogP contribution is -2.44. The van der Waals surface area contributed by atoms with Gasteiger partial charge in [-0.25, -0.2) is 0 Å². The molecule has 0 saturated carbocycles. The lowest BCUT2D eigenvalue weighted by Gasteiger charge is -2.37. The van der Waals surface area contributed by atoms with E-state index < -0.39 is 18.0 Å². The molecule has 0 bridgehead atoms. The number of aryl methyl sites for hydroxylation is 1. The van der Waals surface area contributed by atoms with E-state index in [-0.39, 0.29) is 5.92 Å². The van der Waals surface area contributed by atoms with E-state index >= 15 is 0 Å². The third-order valence-electron chi connectivity index (χ3n) is 7.51. The number of fused-ring (bicyclic) bond motifs is 1. The molecule has 8 heteroatoms. The Morgan fingerprint density at radius 1 is 1.22 bits per heavy atom. The van der Waals surface area contributed by atoms with Crippen LogP contribution in [-0.2, 0) is 11.2 Å². The molecule has 3 aromatic rings. The number of unbranched alkanes of at least 4 members (excludes halogenated alkanes) is 1. The van der Waals surface area contributed by atoms with Crippen LogP contribution in [0, 0.1) is 11.8 Å². The summed E-state index contributed by atoms with van der Waals surface area (Å²) in [6.45, 7) is 2.28. The fourth-order valence-electron chi connectivity index (χ4n) is 5.38. The summed E-state index contributed by atoms with van der Waals surface area (Å²) in [6.07, 6.45) is 5.78. The fraction of sp³-hybridized carbons (Fsp3) is 0.448. The first-order valence-corrected chi connectivity index (χ1v) is 13.6. The van der Waals surface area contributed by atoms with Crippen LogP contribution >= 0.6 is 23.2 Å². The van der Waals surface area contributed by atoms with Crippen molar-refractivity contribution in [2.75, 3.05) is 26.7 Å². The molecule has 3 atom stereocenters. The molecular formula is C29H34Cl2N2O4. The van der Waals surface area contributed by atoms with Gasteiger partial charge in [-0.15, -0.1) is 0 Å². The van der Waals surface area contributed by atoms with Gasteiger partial charge in [0.05, 0.1) is 34.7 Å². The molecule has 0 amide bonds. The molecule has 0 aliphatic carbocycles. The van der Waals surface area contributed by atoms with Gasteiger partial charge in [0.2, 0.25) is 0 Å². The topological polar surface area (TPSA) is 82.9 Å². The number of halogens is 2. The fourth-order valence-corrected chi connectivity index (χ4v) is 5.80. The predicted molar refractivity (Wildman–Crippen MR) is 148 cm³/mol. The Balaban J connectivity index is 1.30. The molecule has 198 valence electrons. The highest BCUT2D eigenvalue weighted by Crippen LogP contribution is 2.34. The maximum absolute atomic E-state index is 12.1. The van der Waals surface area contributed by atoms with Gasteiger partial charge in [0.15, 0.2) is 0 Å². The van der Waals surface area contributed by atoms with Crippen LogP contribution in [0.1, 0.15) is 49.3 Å². The van der Waals surface area contributed by atoms with Gasteiger partial charge in [-0.1, -0.05) is 35.3 Å². The largest absolute Gasteiger partial charge is 0.497 e. The van der Waals surface area contributed by atoms with Crippen LogP contribution < -0.4 is 4.74 Å². The highest BCUT2D eigenvalue weighted by atomic mass is 35.5. The summed E-state index contributed by atoms with van der Waals surface area (Å²) >= 11 is 12.4. The Labute approximate surface area is 228 Å². The maximum Gasteiger partial charge on any atom is 0.308 e. The smallest absolute Gasteiger partial charge is 0.308 e. The summed E-state index contributed by atoms with van der Waals surface area (Å²) in [6, 6.07) is 13.2. The molecule has 4 rings (SSSR count). The Hall–Kier alpha value is -2.38. The van der Waals surface area contributed by atoms with Gasteiger partial charge in [-0.05, 0) is 99.0 Å². The Kier molecular flexibility index (Phi) is 9.65. The van der Waals surface area contributed by atoms with E-state index in [1.54, 1.807) is 19.4 Å². The number of aliphatic hydroxyl groups excluding tert-OH is 1. The average Bonchev–Trinajstić information content (AvgIpc) is 2.91. The van der Waals surface area contributed by atoms with Crippen molar-refractivity contribution in [1.29, 1.82) is 0 Å². The summed E-state index contributed by atoms with van der Waals surface area (Å²) in [7, 11) is 1.61. The normalized spacial score (nSPS) is 19.1. The van der Waals surface area contributed by atoms with E-state index in [0.29, 0.717) is 35.2 Å². The number of benzene rings is 2. The molecule has 0 radical (unpaired) electrons. The standard InChI is InChI=1S/C29H34Cl2N2O4/c1-37-21-9-10-26-23(17-21)22(12-14-32-26)27(34)11-8-19-13-16-33(18-24(19)29(35)36)15-3-2-5-20-6-4-7-25(30)28(20)31/h4,6-7,9-10,12,14,17,19,24,27,34H,2-3,5,8,11,13,15-16,18H2,1H3,(H,35,36)/t19-,24+,27-/m1/s1. The van der Waals surface area contributed by atoms with Gasteiger partial charge in [0.25, 0.3) is 0 Å². The van der Waals surface area contributed by atoms with Crippen molar-refractivity contribution in [3.05, 3.63) is 69.8 Å². The number of piperidine rings is 1. The van der Waals surface area contributed by atoms with Crippen LogP contribution in [0.5, 0.6) is 5.75 Å². The summed E-state index contributed by atoms with van der Waals surface area (Å²) in [4.78, 5) is 18.8. The molecule has 37 heavy (non-hydrogen) atoms. The van der Waals surface area contributed by atoms with E-state index in [1.807, 2.05) is 36.4 Å². The molecule has 0 spiro atoms. The Bertz CT molecular complexity index is 1220. The first-order chi connectivity index (χ1) is 17.9. The second kappa shape index (κ2) is 12.9.